The monoisotopic (exact) mass is 411 g/mol. The minimum atomic E-state index is -1.03. The normalized spacial score (nSPS) is 16.4. The predicted octanol–water partition coefficient (Wildman–Crippen LogP) is 4.58. The molecule has 0 spiro atoms. The zero-order chi connectivity index (χ0) is 20.4. The van der Waals surface area contributed by atoms with E-state index in [-0.39, 0.29) is 28.3 Å². The number of allylic oxidation sites excluding steroid dienone is 4. The first kappa shape index (κ1) is 20.0. The summed E-state index contributed by atoms with van der Waals surface area (Å²) in [6.45, 7) is 1.89. The molecule has 0 amide bonds. The second kappa shape index (κ2) is 8.10. The van der Waals surface area contributed by atoms with Crippen LogP contribution in [0.15, 0.2) is 46.1 Å². The molecule has 0 fully saturated rings. The second-order valence-electron chi connectivity index (χ2n) is 6.36. The largest absolute Gasteiger partial charge is 0.490 e. The number of aromatic nitrogens is 2. The lowest BCUT2D eigenvalue weighted by molar-refractivity contribution is 0.398. The van der Waals surface area contributed by atoms with Gasteiger partial charge in [0.15, 0.2) is 11.6 Å². The highest BCUT2D eigenvalue weighted by molar-refractivity contribution is 6.31. The summed E-state index contributed by atoms with van der Waals surface area (Å²) in [6, 6.07) is 2.03. The van der Waals surface area contributed by atoms with Crippen LogP contribution in [0.3, 0.4) is 0 Å². The number of ether oxygens (including phenoxy) is 1. The Morgan fingerprint density at radius 2 is 2.04 bits per heavy atom. The molecule has 2 aromatic rings. The average Bonchev–Trinajstić information content (AvgIpc) is 2.64. The van der Waals surface area contributed by atoms with Gasteiger partial charge in [-0.25, -0.2) is 13.2 Å². The van der Waals surface area contributed by atoms with Crippen LogP contribution in [-0.2, 0) is 6.54 Å². The third-order valence-corrected chi connectivity index (χ3v) is 4.64. The van der Waals surface area contributed by atoms with Gasteiger partial charge in [-0.1, -0.05) is 17.7 Å². The Morgan fingerprint density at radius 3 is 2.71 bits per heavy atom. The number of benzene rings is 1. The lowest BCUT2D eigenvalue weighted by atomic mass is 10.0. The van der Waals surface area contributed by atoms with Crippen molar-refractivity contribution in [1.82, 2.24) is 9.55 Å². The summed E-state index contributed by atoms with van der Waals surface area (Å²) in [5.74, 6) is -2.52. The van der Waals surface area contributed by atoms with Crippen LogP contribution >= 0.6 is 11.6 Å². The van der Waals surface area contributed by atoms with Crippen molar-refractivity contribution >= 4 is 23.2 Å². The van der Waals surface area contributed by atoms with Crippen molar-refractivity contribution in [1.29, 1.82) is 0 Å². The molecule has 0 radical (unpaired) electrons. The Hall–Kier alpha value is -2.74. The van der Waals surface area contributed by atoms with Gasteiger partial charge in [-0.05, 0) is 31.1 Å². The van der Waals surface area contributed by atoms with E-state index in [2.05, 4.69) is 10.3 Å². The fourth-order valence-corrected chi connectivity index (χ4v) is 3.10. The molecule has 1 aromatic heterocycles. The Morgan fingerprint density at radius 1 is 1.32 bits per heavy atom. The molecule has 148 valence electrons. The van der Waals surface area contributed by atoms with Gasteiger partial charge in [0, 0.05) is 24.2 Å². The molecule has 1 N–H and O–H groups in total. The van der Waals surface area contributed by atoms with Crippen LogP contribution in [0.4, 0.5) is 24.8 Å². The Bertz CT molecular complexity index is 1030. The number of aryl methyl sites for hydroxylation is 1. The van der Waals surface area contributed by atoms with E-state index in [0.29, 0.717) is 18.5 Å². The maximum atomic E-state index is 13.6. The number of anilines is 2. The number of hydrogen-bond donors (Lipinski definition) is 1. The van der Waals surface area contributed by atoms with Gasteiger partial charge in [0.05, 0.1) is 18.3 Å². The summed E-state index contributed by atoms with van der Waals surface area (Å²) < 4.78 is 47.1. The van der Waals surface area contributed by atoms with Crippen LogP contribution in [0, 0.1) is 24.5 Å². The molecule has 0 saturated carbocycles. The minimum Gasteiger partial charge on any atom is -0.490 e. The molecule has 5 nitrogen and oxygen atoms in total. The van der Waals surface area contributed by atoms with E-state index in [1.807, 2.05) is 0 Å². The van der Waals surface area contributed by atoms with Crippen molar-refractivity contribution in [2.24, 2.45) is 5.92 Å². The SMILES string of the molecule is COc1cn(CC2C=C(Cl)C(F)=CC2)c(Nc2cc(F)c(F)cc2C)nc1=O. The molecule has 1 aliphatic carbocycles. The number of nitrogens with one attached hydrogen (secondary N) is 1. The summed E-state index contributed by atoms with van der Waals surface area (Å²) in [7, 11) is 1.34. The summed E-state index contributed by atoms with van der Waals surface area (Å²) in [4.78, 5) is 16.0. The molecule has 9 heteroatoms. The van der Waals surface area contributed by atoms with Gasteiger partial charge < -0.3 is 14.6 Å². The zero-order valence-corrected chi connectivity index (χ0v) is 15.9. The lowest BCUT2D eigenvalue weighted by Gasteiger charge is -2.21. The van der Waals surface area contributed by atoms with E-state index in [1.54, 1.807) is 17.6 Å². The van der Waals surface area contributed by atoms with Crippen LogP contribution < -0.4 is 15.6 Å². The lowest BCUT2D eigenvalue weighted by Crippen LogP contribution is -2.21. The van der Waals surface area contributed by atoms with Crippen LogP contribution in [0.2, 0.25) is 0 Å². The molecule has 3 rings (SSSR count). The molecule has 1 unspecified atom stereocenters. The molecular formula is C19H17ClF3N3O2. The maximum absolute atomic E-state index is 13.6. The maximum Gasteiger partial charge on any atom is 0.316 e. The molecule has 1 heterocycles. The summed E-state index contributed by atoms with van der Waals surface area (Å²) >= 11 is 5.86. The van der Waals surface area contributed by atoms with Gasteiger partial charge in [0.2, 0.25) is 11.7 Å². The number of halogens is 4. The van der Waals surface area contributed by atoms with E-state index in [9.17, 15) is 18.0 Å². The Balaban J connectivity index is 1.98. The van der Waals surface area contributed by atoms with Crippen LogP contribution in [0.25, 0.3) is 0 Å². The predicted molar refractivity (Wildman–Crippen MR) is 101 cm³/mol. The summed E-state index contributed by atoms with van der Waals surface area (Å²) in [6.07, 6.45) is 4.81. The van der Waals surface area contributed by atoms with Crippen LogP contribution in [0.1, 0.15) is 12.0 Å². The van der Waals surface area contributed by atoms with E-state index < -0.39 is 23.0 Å². The van der Waals surface area contributed by atoms with E-state index in [0.717, 1.165) is 12.1 Å². The number of methoxy groups -OCH3 is 1. The highest BCUT2D eigenvalue weighted by atomic mass is 35.5. The van der Waals surface area contributed by atoms with Gasteiger partial charge in [0.1, 0.15) is 5.83 Å². The zero-order valence-electron chi connectivity index (χ0n) is 15.1. The third-order valence-electron chi connectivity index (χ3n) is 4.34. The van der Waals surface area contributed by atoms with Crippen molar-refractivity contribution in [3.63, 3.8) is 0 Å². The minimum absolute atomic E-state index is 0.0140. The highest BCUT2D eigenvalue weighted by Gasteiger charge is 2.18. The first-order chi connectivity index (χ1) is 13.3. The molecule has 0 bridgehead atoms. The van der Waals surface area contributed by atoms with Gasteiger partial charge >= 0.3 is 5.56 Å². The van der Waals surface area contributed by atoms with E-state index in [4.69, 9.17) is 16.3 Å². The van der Waals surface area contributed by atoms with Crippen molar-refractivity contribution in [2.45, 2.75) is 19.9 Å². The fraction of sp³-hybridized carbons (Fsp3) is 0.263. The molecule has 0 aliphatic heterocycles. The van der Waals surface area contributed by atoms with Gasteiger partial charge in [-0.15, -0.1) is 0 Å². The second-order valence-corrected chi connectivity index (χ2v) is 6.77. The molecule has 28 heavy (non-hydrogen) atoms. The van der Waals surface area contributed by atoms with Crippen molar-refractivity contribution in [3.05, 3.63) is 68.9 Å². The number of rotatable bonds is 5. The van der Waals surface area contributed by atoms with Gasteiger partial charge in [-0.3, -0.25) is 4.79 Å². The van der Waals surface area contributed by atoms with Crippen molar-refractivity contribution < 1.29 is 17.9 Å². The molecular weight excluding hydrogens is 395 g/mol. The molecule has 1 aromatic carbocycles. The average molecular weight is 412 g/mol. The molecule has 0 saturated heterocycles. The molecule has 1 atom stereocenters. The van der Waals surface area contributed by atoms with Gasteiger partial charge in [-0.2, -0.15) is 4.98 Å². The topological polar surface area (TPSA) is 56.1 Å². The summed E-state index contributed by atoms with van der Waals surface area (Å²) in [5.41, 5.74) is 0.0682. The summed E-state index contributed by atoms with van der Waals surface area (Å²) in [5, 5.41) is 2.87. The van der Waals surface area contributed by atoms with Crippen molar-refractivity contribution in [3.8, 4) is 5.75 Å². The third kappa shape index (κ3) is 4.22. The van der Waals surface area contributed by atoms with Crippen LogP contribution in [0.5, 0.6) is 5.75 Å². The van der Waals surface area contributed by atoms with Crippen molar-refractivity contribution in [2.75, 3.05) is 12.4 Å². The Labute approximate surface area is 164 Å². The van der Waals surface area contributed by atoms with Gasteiger partial charge in [0.25, 0.3) is 0 Å². The Kier molecular flexibility index (Phi) is 5.79. The first-order valence-electron chi connectivity index (χ1n) is 8.40. The van der Waals surface area contributed by atoms with Crippen LogP contribution in [-0.4, -0.2) is 16.7 Å². The fourth-order valence-electron chi connectivity index (χ4n) is 2.84. The number of nitrogens with zero attached hydrogens (tertiary/aromatic N) is 2. The standard InChI is InChI=1S/C19H17ClF3N3O2/c1-10-5-14(22)15(23)7-16(10)24-19-25-18(27)17(28-2)9-26(19)8-11-3-4-13(21)12(20)6-11/h4-7,9,11H,3,8H2,1-2H3,(H,24,25,27). The number of hydrogen-bond acceptors (Lipinski definition) is 4. The highest BCUT2D eigenvalue weighted by Crippen LogP contribution is 2.29. The van der Waals surface area contributed by atoms with E-state index >= 15 is 0 Å². The first-order valence-corrected chi connectivity index (χ1v) is 8.77. The smallest absolute Gasteiger partial charge is 0.316 e. The molecule has 1 aliphatic rings. The quantitative estimate of drug-likeness (QED) is 0.782. The van der Waals surface area contributed by atoms with E-state index in [1.165, 1.54) is 19.4 Å².